The Bertz CT molecular complexity index is 1100. The maximum absolute atomic E-state index is 12.7. The molecule has 0 saturated carbocycles. The fraction of sp³-hybridized carbons (Fsp3) is 0.522. The van der Waals surface area contributed by atoms with Gasteiger partial charge in [0.05, 0.1) is 16.5 Å². The van der Waals surface area contributed by atoms with Crippen molar-refractivity contribution in [2.24, 2.45) is 0 Å². The zero-order valence-corrected chi connectivity index (χ0v) is 20.6. The van der Waals surface area contributed by atoms with Gasteiger partial charge in [0.2, 0.25) is 11.9 Å². The average molecular weight is 489 g/mol. The van der Waals surface area contributed by atoms with Crippen LogP contribution >= 0.6 is 11.6 Å². The van der Waals surface area contributed by atoms with Crippen molar-refractivity contribution in [2.45, 2.75) is 37.1 Å². The second-order valence-electron chi connectivity index (χ2n) is 9.01. The molecule has 3 aliphatic heterocycles. The maximum atomic E-state index is 12.7. The Labute approximate surface area is 201 Å². The largest absolute Gasteiger partial charge is 0.368 e. The number of likely N-dealkylation sites (tertiary alicyclic amines) is 1. The third-order valence-electron chi connectivity index (χ3n) is 6.71. The lowest BCUT2D eigenvalue weighted by atomic mass is 10.1. The molecule has 2 aromatic rings. The maximum Gasteiger partial charge on any atom is 0.227 e. The van der Waals surface area contributed by atoms with Gasteiger partial charge in [-0.2, -0.15) is 4.98 Å². The molecule has 1 aromatic carbocycles. The number of aromatic nitrogens is 2. The van der Waals surface area contributed by atoms with Gasteiger partial charge in [-0.3, -0.25) is 9.00 Å². The molecular formula is C23H29ClN6O2S. The third-order valence-corrected chi connectivity index (χ3v) is 8.40. The second-order valence-corrected chi connectivity index (χ2v) is 11.0. The lowest BCUT2D eigenvalue weighted by Gasteiger charge is -2.37. The third kappa shape index (κ3) is 4.53. The van der Waals surface area contributed by atoms with E-state index in [2.05, 4.69) is 28.1 Å². The van der Waals surface area contributed by atoms with Crippen molar-refractivity contribution in [2.75, 3.05) is 60.6 Å². The summed E-state index contributed by atoms with van der Waals surface area (Å²) in [5.41, 5.74) is 3.27. The van der Waals surface area contributed by atoms with Gasteiger partial charge in [0.1, 0.15) is 10.7 Å². The van der Waals surface area contributed by atoms with Crippen LogP contribution in [0.25, 0.3) is 0 Å². The number of hydrogen-bond acceptors (Lipinski definition) is 7. The number of halogens is 1. The van der Waals surface area contributed by atoms with E-state index in [1.165, 1.54) is 11.3 Å². The highest BCUT2D eigenvalue weighted by atomic mass is 35.5. The molecule has 0 bridgehead atoms. The predicted molar refractivity (Wildman–Crippen MR) is 132 cm³/mol. The molecule has 1 amide bonds. The lowest BCUT2D eigenvalue weighted by Crippen LogP contribution is -2.47. The van der Waals surface area contributed by atoms with Crippen LogP contribution in [-0.2, 0) is 22.0 Å². The minimum absolute atomic E-state index is 0.0990. The number of carbonyl (C=O) groups is 1. The highest BCUT2D eigenvalue weighted by Crippen LogP contribution is 2.32. The van der Waals surface area contributed by atoms with E-state index >= 15 is 0 Å². The molecule has 2 fully saturated rings. The second kappa shape index (κ2) is 9.10. The van der Waals surface area contributed by atoms with Crippen LogP contribution in [0.4, 0.5) is 17.5 Å². The highest BCUT2D eigenvalue weighted by molar-refractivity contribution is 7.85. The Morgan fingerprint density at radius 2 is 1.88 bits per heavy atom. The molecule has 0 aliphatic carbocycles. The van der Waals surface area contributed by atoms with Gasteiger partial charge in [-0.25, -0.2) is 4.98 Å². The molecule has 33 heavy (non-hydrogen) atoms. The Morgan fingerprint density at radius 3 is 2.61 bits per heavy atom. The van der Waals surface area contributed by atoms with Gasteiger partial charge in [-0.1, -0.05) is 11.6 Å². The Kier molecular flexibility index (Phi) is 6.18. The summed E-state index contributed by atoms with van der Waals surface area (Å²) in [5.74, 6) is 2.13. The van der Waals surface area contributed by atoms with E-state index in [1.807, 2.05) is 19.2 Å². The van der Waals surface area contributed by atoms with E-state index in [0.717, 1.165) is 48.2 Å². The van der Waals surface area contributed by atoms with Crippen LogP contribution in [0.2, 0.25) is 5.02 Å². The topological polar surface area (TPSA) is 81.7 Å². The molecule has 10 heteroatoms. The Morgan fingerprint density at radius 1 is 1.12 bits per heavy atom. The fourth-order valence-corrected chi connectivity index (χ4v) is 6.41. The van der Waals surface area contributed by atoms with Crippen molar-refractivity contribution in [1.29, 1.82) is 0 Å². The number of anilines is 3. The standard InChI is InChI=1S/C23H29ClN6O2S/c1-15-13-16(24)3-5-19(15)29-8-10-30(11-9-29)23-26-18-7-12-33(32)21(18)22(27-23)25-17-4-6-20(31)28(2)14-17/h3,5,13,17H,4,6-12,14H2,1-2H3,(H,25,26,27)/t17?,33-/m0/s1. The van der Waals surface area contributed by atoms with Crippen LogP contribution in [0.15, 0.2) is 23.1 Å². The zero-order chi connectivity index (χ0) is 23.1. The number of amides is 1. The fourth-order valence-electron chi connectivity index (χ4n) is 4.87. The number of piperazine rings is 1. The molecule has 5 rings (SSSR count). The molecule has 0 spiro atoms. The zero-order valence-electron chi connectivity index (χ0n) is 19.0. The van der Waals surface area contributed by atoms with Crippen LogP contribution in [0.1, 0.15) is 24.1 Å². The van der Waals surface area contributed by atoms with E-state index in [9.17, 15) is 9.00 Å². The van der Waals surface area contributed by atoms with E-state index in [-0.39, 0.29) is 11.9 Å². The van der Waals surface area contributed by atoms with Gasteiger partial charge in [0.15, 0.2) is 0 Å². The van der Waals surface area contributed by atoms with Crippen LogP contribution in [-0.4, -0.2) is 76.6 Å². The van der Waals surface area contributed by atoms with Crippen LogP contribution in [0.3, 0.4) is 0 Å². The van der Waals surface area contributed by atoms with Gasteiger partial charge in [-0.05, 0) is 37.1 Å². The predicted octanol–water partition coefficient (Wildman–Crippen LogP) is 2.46. The normalized spacial score (nSPS) is 23.1. The number of fused-ring (bicyclic) bond motifs is 1. The van der Waals surface area contributed by atoms with E-state index in [1.54, 1.807) is 4.90 Å². The first kappa shape index (κ1) is 22.4. The molecule has 176 valence electrons. The summed E-state index contributed by atoms with van der Waals surface area (Å²) in [6.45, 7) is 6.07. The summed E-state index contributed by atoms with van der Waals surface area (Å²) in [6, 6.07) is 6.12. The summed E-state index contributed by atoms with van der Waals surface area (Å²) >= 11 is 6.13. The summed E-state index contributed by atoms with van der Waals surface area (Å²) in [5, 5.41) is 4.26. The van der Waals surface area contributed by atoms with Gasteiger partial charge in [0, 0.05) is 75.1 Å². The number of benzene rings is 1. The van der Waals surface area contributed by atoms with Crippen molar-refractivity contribution in [1.82, 2.24) is 14.9 Å². The molecule has 1 unspecified atom stereocenters. The van der Waals surface area contributed by atoms with Gasteiger partial charge < -0.3 is 20.0 Å². The quantitative estimate of drug-likeness (QED) is 0.707. The Balaban J connectivity index is 1.34. The van der Waals surface area contributed by atoms with Crippen LogP contribution < -0.4 is 15.1 Å². The van der Waals surface area contributed by atoms with E-state index in [0.29, 0.717) is 36.9 Å². The van der Waals surface area contributed by atoms with Crippen molar-refractivity contribution >= 4 is 45.8 Å². The molecule has 1 aromatic heterocycles. The van der Waals surface area contributed by atoms with Crippen LogP contribution in [0.5, 0.6) is 0 Å². The first-order valence-electron chi connectivity index (χ1n) is 11.4. The SMILES string of the molecule is Cc1cc(Cl)ccc1N1CCN(c2nc3c(c(NC4CCC(=O)N(C)C4)n2)[S@@](=O)CC3)CC1. The molecular weight excluding hydrogens is 460 g/mol. The molecule has 0 radical (unpaired) electrons. The summed E-state index contributed by atoms with van der Waals surface area (Å²) in [6.07, 6.45) is 1.98. The number of rotatable bonds is 4. The van der Waals surface area contributed by atoms with Gasteiger partial charge >= 0.3 is 0 Å². The Hall–Kier alpha value is -2.39. The smallest absolute Gasteiger partial charge is 0.227 e. The number of nitrogens with one attached hydrogen (secondary N) is 1. The lowest BCUT2D eigenvalue weighted by molar-refractivity contribution is -0.132. The minimum Gasteiger partial charge on any atom is -0.368 e. The van der Waals surface area contributed by atoms with Crippen LogP contribution in [0, 0.1) is 6.92 Å². The minimum atomic E-state index is -1.08. The monoisotopic (exact) mass is 488 g/mol. The number of piperidine rings is 1. The summed E-state index contributed by atoms with van der Waals surface area (Å²) in [7, 11) is 0.742. The number of aryl methyl sites for hydroxylation is 2. The molecule has 2 saturated heterocycles. The summed E-state index contributed by atoms with van der Waals surface area (Å²) < 4.78 is 12.7. The number of carbonyl (C=O) groups excluding carboxylic acids is 1. The van der Waals surface area contributed by atoms with Gasteiger partial charge in [-0.15, -0.1) is 0 Å². The van der Waals surface area contributed by atoms with Crippen molar-refractivity contribution in [3.63, 3.8) is 0 Å². The molecule has 1 N–H and O–H groups in total. The van der Waals surface area contributed by atoms with E-state index < -0.39 is 10.8 Å². The average Bonchev–Trinajstić information content (AvgIpc) is 3.17. The highest BCUT2D eigenvalue weighted by Gasteiger charge is 2.31. The molecule has 8 nitrogen and oxygen atoms in total. The molecule has 3 aliphatic rings. The number of nitrogens with zero attached hydrogens (tertiary/aromatic N) is 5. The summed E-state index contributed by atoms with van der Waals surface area (Å²) in [4.78, 5) is 28.6. The van der Waals surface area contributed by atoms with Crippen molar-refractivity contribution in [3.05, 3.63) is 34.5 Å². The van der Waals surface area contributed by atoms with Gasteiger partial charge in [0.25, 0.3) is 0 Å². The molecule has 2 atom stereocenters. The molecule has 4 heterocycles. The number of hydrogen-bond donors (Lipinski definition) is 1. The number of likely N-dealkylation sites (N-methyl/N-ethyl adjacent to an activating group) is 1. The van der Waals surface area contributed by atoms with Crippen molar-refractivity contribution in [3.8, 4) is 0 Å². The van der Waals surface area contributed by atoms with E-state index in [4.69, 9.17) is 21.6 Å². The van der Waals surface area contributed by atoms with Crippen molar-refractivity contribution < 1.29 is 9.00 Å². The first-order chi connectivity index (χ1) is 15.9. The first-order valence-corrected chi connectivity index (χ1v) is 13.1.